The molecule has 0 radical (unpaired) electrons. The number of nitrogens with zero attached hydrogens (tertiary/aromatic N) is 3. The minimum absolute atomic E-state index is 0.0357. The fourth-order valence-electron chi connectivity index (χ4n) is 3.97. The zero-order valence-corrected chi connectivity index (χ0v) is 17.4. The number of methoxy groups -OCH3 is 1. The lowest BCUT2D eigenvalue weighted by atomic mass is 10.0. The number of nitrogens with two attached hydrogens (primary N) is 1. The average molecular weight is 435 g/mol. The maximum atomic E-state index is 13.2. The first-order valence-corrected chi connectivity index (χ1v) is 9.78. The summed E-state index contributed by atoms with van der Waals surface area (Å²) in [5, 5.41) is 13.5. The summed E-state index contributed by atoms with van der Waals surface area (Å²) < 4.78 is 44.9. The standard InChI is InChI=1S/C21H24F3N5O2/c1-11(12-6-13(21(22,23)24)8-14(25)7-12)26-19-15-9-17(30)18(31-3)10-16(15)29-5-4-28(2)20(29)27-19/h6-11,20,30H,4-5,25H2,1-3H3,(H,26,27)/t11-,20?/m1/s1. The second kappa shape index (κ2) is 7.52. The molecule has 0 spiro atoms. The first kappa shape index (κ1) is 21.1. The molecule has 10 heteroatoms. The maximum Gasteiger partial charge on any atom is 0.416 e. The maximum absolute atomic E-state index is 13.2. The molecule has 2 aromatic carbocycles. The van der Waals surface area contributed by atoms with Gasteiger partial charge in [-0.3, -0.25) is 4.90 Å². The number of hydrogen-bond donors (Lipinski definition) is 3. The molecule has 1 saturated heterocycles. The Hall–Kier alpha value is -3.14. The topological polar surface area (TPSA) is 86.3 Å². The second-order valence-electron chi connectivity index (χ2n) is 7.79. The van der Waals surface area contributed by atoms with E-state index in [1.165, 1.54) is 13.2 Å². The monoisotopic (exact) mass is 435 g/mol. The van der Waals surface area contributed by atoms with E-state index in [1.54, 1.807) is 19.1 Å². The predicted octanol–water partition coefficient (Wildman–Crippen LogP) is 3.15. The summed E-state index contributed by atoms with van der Waals surface area (Å²) in [6, 6.07) is 6.30. The highest BCUT2D eigenvalue weighted by Gasteiger charge is 2.37. The zero-order chi connectivity index (χ0) is 22.5. The number of alkyl halides is 3. The number of fused-ring (bicyclic) bond motifs is 3. The number of halogens is 3. The first-order valence-electron chi connectivity index (χ1n) is 9.78. The van der Waals surface area contributed by atoms with Gasteiger partial charge >= 0.3 is 6.18 Å². The molecule has 4 rings (SSSR count). The second-order valence-corrected chi connectivity index (χ2v) is 7.79. The molecule has 1 unspecified atom stereocenters. The van der Waals surface area contributed by atoms with Crippen molar-refractivity contribution in [1.82, 2.24) is 10.2 Å². The highest BCUT2D eigenvalue weighted by atomic mass is 19.4. The van der Waals surface area contributed by atoms with Crippen LogP contribution in [0, 0.1) is 0 Å². The largest absolute Gasteiger partial charge is 0.504 e. The van der Waals surface area contributed by atoms with E-state index in [0.717, 1.165) is 30.9 Å². The van der Waals surface area contributed by atoms with Crippen LogP contribution in [-0.4, -0.2) is 49.4 Å². The van der Waals surface area contributed by atoms with E-state index >= 15 is 0 Å². The minimum atomic E-state index is -4.49. The smallest absolute Gasteiger partial charge is 0.416 e. The molecule has 2 aromatic rings. The fraction of sp³-hybridized carbons (Fsp3) is 0.381. The summed E-state index contributed by atoms with van der Waals surface area (Å²) in [5.74, 6) is 0.774. The van der Waals surface area contributed by atoms with Gasteiger partial charge in [0.05, 0.1) is 24.4 Å². The van der Waals surface area contributed by atoms with E-state index in [2.05, 4.69) is 15.1 Å². The number of rotatable bonds is 3. The van der Waals surface area contributed by atoms with Crippen LogP contribution in [0.3, 0.4) is 0 Å². The van der Waals surface area contributed by atoms with Crippen molar-refractivity contribution >= 4 is 17.2 Å². The molecule has 4 N–H and O–H groups in total. The van der Waals surface area contributed by atoms with E-state index in [1.807, 2.05) is 7.05 Å². The van der Waals surface area contributed by atoms with Gasteiger partial charge in [0.25, 0.3) is 0 Å². The van der Waals surface area contributed by atoms with Crippen LogP contribution >= 0.6 is 0 Å². The minimum Gasteiger partial charge on any atom is -0.504 e. The van der Waals surface area contributed by atoms with Crippen molar-refractivity contribution in [2.24, 2.45) is 4.99 Å². The van der Waals surface area contributed by atoms with Gasteiger partial charge in [-0.15, -0.1) is 0 Å². The SMILES string of the molecule is COc1cc2c(cc1O)C(N[C@H](C)c1cc(N)cc(C(F)(F)F)c1)=NC1N(C)CCN21. The summed E-state index contributed by atoms with van der Waals surface area (Å²) >= 11 is 0. The average Bonchev–Trinajstić information content (AvgIpc) is 3.07. The summed E-state index contributed by atoms with van der Waals surface area (Å²) in [6.07, 6.45) is -4.75. The van der Waals surface area contributed by atoms with Gasteiger partial charge in [0.2, 0.25) is 0 Å². The summed E-state index contributed by atoms with van der Waals surface area (Å²) in [6.45, 7) is 3.29. The van der Waals surface area contributed by atoms with Gasteiger partial charge in [-0.25, -0.2) is 4.99 Å². The molecule has 2 heterocycles. The number of hydrogen-bond acceptors (Lipinski definition) is 7. The molecule has 7 nitrogen and oxygen atoms in total. The highest BCUT2D eigenvalue weighted by molar-refractivity contribution is 6.06. The summed E-state index contributed by atoms with van der Waals surface area (Å²) in [5.41, 5.74) is 6.83. The highest BCUT2D eigenvalue weighted by Crippen LogP contribution is 2.40. The summed E-state index contributed by atoms with van der Waals surface area (Å²) in [4.78, 5) is 8.93. The van der Waals surface area contributed by atoms with Crippen LogP contribution in [0.15, 0.2) is 35.3 Å². The van der Waals surface area contributed by atoms with Crippen molar-refractivity contribution in [3.8, 4) is 11.5 Å². The molecule has 2 atom stereocenters. The lowest BCUT2D eigenvalue weighted by Gasteiger charge is -2.34. The Morgan fingerprint density at radius 3 is 2.65 bits per heavy atom. The normalized spacial score (nSPS) is 19.5. The predicted molar refractivity (Wildman–Crippen MR) is 112 cm³/mol. The van der Waals surface area contributed by atoms with Crippen LogP contribution in [0.1, 0.15) is 29.7 Å². The molecule has 31 heavy (non-hydrogen) atoms. The van der Waals surface area contributed by atoms with Crippen LogP contribution in [0.25, 0.3) is 0 Å². The molecule has 0 saturated carbocycles. The fourth-order valence-corrected chi connectivity index (χ4v) is 3.97. The quantitative estimate of drug-likeness (QED) is 0.643. The number of phenolic OH excluding ortho intramolecular Hbond substituents is 1. The Bertz CT molecular complexity index is 1040. The van der Waals surface area contributed by atoms with Gasteiger partial charge in [0.1, 0.15) is 5.84 Å². The molecule has 1 fully saturated rings. The number of benzene rings is 2. The lowest BCUT2D eigenvalue weighted by molar-refractivity contribution is -0.137. The lowest BCUT2D eigenvalue weighted by Crippen LogP contribution is -2.43. The first-order chi connectivity index (χ1) is 14.6. The Labute approximate surface area is 177 Å². The summed E-state index contributed by atoms with van der Waals surface area (Å²) in [7, 11) is 3.43. The van der Waals surface area contributed by atoms with Crippen molar-refractivity contribution in [2.45, 2.75) is 25.4 Å². The van der Waals surface area contributed by atoms with Gasteiger partial charge in [-0.05, 0) is 43.8 Å². The number of aromatic hydroxyl groups is 1. The van der Waals surface area contributed by atoms with Gasteiger partial charge in [-0.1, -0.05) is 0 Å². The Kier molecular flexibility index (Phi) is 5.12. The van der Waals surface area contributed by atoms with E-state index in [0.29, 0.717) is 22.7 Å². The zero-order valence-electron chi connectivity index (χ0n) is 17.4. The van der Waals surface area contributed by atoms with Gasteiger partial charge in [0.15, 0.2) is 17.8 Å². The van der Waals surface area contributed by atoms with Gasteiger partial charge < -0.3 is 25.8 Å². The van der Waals surface area contributed by atoms with Crippen LogP contribution in [0.5, 0.6) is 11.5 Å². The third kappa shape index (κ3) is 3.83. The van der Waals surface area contributed by atoms with Gasteiger partial charge in [-0.2, -0.15) is 13.2 Å². The third-order valence-corrected chi connectivity index (χ3v) is 5.63. The van der Waals surface area contributed by atoms with E-state index < -0.39 is 17.8 Å². The van der Waals surface area contributed by atoms with Crippen molar-refractivity contribution in [1.29, 1.82) is 0 Å². The molecule has 0 bridgehead atoms. The van der Waals surface area contributed by atoms with Crippen molar-refractivity contribution in [3.05, 3.63) is 47.0 Å². The number of phenols is 1. The van der Waals surface area contributed by atoms with Crippen LogP contribution in [-0.2, 0) is 6.18 Å². The molecular weight excluding hydrogens is 411 g/mol. The number of anilines is 2. The van der Waals surface area contributed by atoms with Crippen molar-refractivity contribution in [2.75, 3.05) is 37.9 Å². The van der Waals surface area contributed by atoms with Crippen LogP contribution in [0.2, 0.25) is 0 Å². The number of likely N-dealkylation sites (N-methyl/N-ethyl adjacent to an activating group) is 1. The molecule has 2 aliphatic heterocycles. The molecule has 0 aliphatic carbocycles. The van der Waals surface area contributed by atoms with Crippen molar-refractivity contribution in [3.63, 3.8) is 0 Å². The van der Waals surface area contributed by atoms with Gasteiger partial charge in [0, 0.05) is 30.4 Å². The number of amidine groups is 1. The van der Waals surface area contributed by atoms with Crippen LogP contribution < -0.4 is 20.7 Å². The molecule has 166 valence electrons. The van der Waals surface area contributed by atoms with E-state index in [9.17, 15) is 18.3 Å². The number of nitrogen functional groups attached to an aromatic ring is 1. The number of ether oxygens (including phenoxy) is 1. The third-order valence-electron chi connectivity index (χ3n) is 5.63. The Balaban J connectivity index is 1.72. The number of aliphatic imine (C=N–C) groups is 1. The van der Waals surface area contributed by atoms with E-state index in [4.69, 9.17) is 15.5 Å². The molecular formula is C21H24F3N5O2. The van der Waals surface area contributed by atoms with E-state index in [-0.39, 0.29) is 17.7 Å². The number of nitrogens with one attached hydrogen (secondary N) is 1. The van der Waals surface area contributed by atoms with Crippen molar-refractivity contribution < 1.29 is 23.0 Å². The Morgan fingerprint density at radius 2 is 1.97 bits per heavy atom. The molecule has 2 aliphatic rings. The molecule has 0 amide bonds. The van der Waals surface area contributed by atoms with Crippen LogP contribution in [0.4, 0.5) is 24.5 Å². The molecule has 0 aromatic heterocycles. The Morgan fingerprint density at radius 1 is 1.23 bits per heavy atom.